The molecule has 0 bridgehead atoms. The van der Waals surface area contributed by atoms with Crippen molar-refractivity contribution >= 4 is 34.8 Å². The Balaban J connectivity index is 1.40. The summed E-state index contributed by atoms with van der Waals surface area (Å²) < 4.78 is 6.20. The summed E-state index contributed by atoms with van der Waals surface area (Å²) in [5.41, 5.74) is 2.60. The molecule has 0 aliphatic heterocycles. The number of nitrogens with zero attached hydrogens (tertiary/aromatic N) is 3. The number of aryl methyl sites for hydroxylation is 1. The van der Waals surface area contributed by atoms with Crippen LogP contribution in [0.3, 0.4) is 0 Å². The average molecular weight is 516 g/mol. The molecule has 0 unspecified atom stereocenters. The monoisotopic (exact) mass is 515 g/mol. The fourth-order valence-electron chi connectivity index (χ4n) is 2.65. The summed E-state index contributed by atoms with van der Waals surface area (Å²) in [5.74, 6) is 28.0. The normalized spacial score (nSPS) is 8.45. The van der Waals surface area contributed by atoms with Crippen molar-refractivity contribution in [2.24, 2.45) is 0 Å². The molecule has 0 aliphatic carbocycles. The van der Waals surface area contributed by atoms with Crippen molar-refractivity contribution < 1.29 is 14.3 Å². The van der Waals surface area contributed by atoms with Gasteiger partial charge in [-0.05, 0) is 66.7 Å². The minimum absolute atomic E-state index is 0.0829. The third kappa shape index (κ3) is 8.07. The Hall–Kier alpha value is -5.95. The third-order valence-electron chi connectivity index (χ3n) is 4.30. The largest absolute Gasteiger partial charge is 0.371 e. The molecule has 3 rings (SSSR count). The second-order valence-electron chi connectivity index (χ2n) is 6.94. The van der Waals surface area contributed by atoms with E-state index in [0.29, 0.717) is 22.2 Å². The number of aromatic amines is 1. The number of anilines is 1. The van der Waals surface area contributed by atoms with Gasteiger partial charge in [-0.25, -0.2) is 4.98 Å². The molecule has 2 heterocycles. The van der Waals surface area contributed by atoms with Gasteiger partial charge < -0.3 is 10.1 Å². The van der Waals surface area contributed by atoms with Gasteiger partial charge >= 0.3 is 5.97 Å². The molecule has 180 valence electrons. The smallest absolute Gasteiger partial charge is 0.320 e. The Morgan fingerprint density at radius 2 is 1.58 bits per heavy atom. The van der Waals surface area contributed by atoms with Gasteiger partial charge in [0.1, 0.15) is 11.1 Å². The first-order chi connectivity index (χ1) is 18.5. The van der Waals surface area contributed by atoms with E-state index < -0.39 is 5.97 Å². The molecule has 0 saturated heterocycles. The highest BCUT2D eigenvalue weighted by Crippen LogP contribution is 2.24. The third-order valence-corrected chi connectivity index (χ3v) is 4.75. The zero-order valence-electron chi connectivity index (χ0n) is 19.7. The van der Waals surface area contributed by atoms with Crippen molar-refractivity contribution in [1.82, 2.24) is 19.8 Å². The van der Waals surface area contributed by atoms with Gasteiger partial charge in [0.05, 0.1) is 12.1 Å². The molecule has 0 radical (unpaired) electrons. The number of fused-ring (bicyclic) bond motifs is 1. The number of benzene rings is 1. The number of carbonyl (C=O) groups excluding carboxylic acids is 2. The van der Waals surface area contributed by atoms with E-state index in [1.165, 1.54) is 4.63 Å². The van der Waals surface area contributed by atoms with E-state index in [2.05, 4.69) is 97.6 Å². The lowest BCUT2D eigenvalue weighted by Gasteiger charge is -2.05. The van der Waals surface area contributed by atoms with E-state index >= 15 is 0 Å². The number of hydrogen-bond donors (Lipinski definition) is 2. The Kier molecular flexibility index (Phi) is 9.69. The molecule has 0 aliphatic rings. The standard InChI is InChI=1S/C29H14ClN5O3/c1-3-4-5-6-7-8-9-10-11-12-13-14-21-38-26(37)20-19-25(36)31-24-17-15-23(16-18-24)28-32-29-27(30)22(2)33-35(29)34-28/h1,15-18,33H,19-20H2,2H3,(H,31,36). The Labute approximate surface area is 223 Å². The van der Waals surface area contributed by atoms with Crippen molar-refractivity contribution in [2.75, 3.05) is 5.32 Å². The number of hydrogen-bond acceptors (Lipinski definition) is 5. The van der Waals surface area contributed by atoms with Gasteiger partial charge in [-0.3, -0.25) is 14.7 Å². The number of ether oxygens (including phenoxy) is 1. The summed E-state index contributed by atoms with van der Waals surface area (Å²) in [6, 6.07) is 6.93. The summed E-state index contributed by atoms with van der Waals surface area (Å²) in [6.45, 7) is 1.83. The van der Waals surface area contributed by atoms with Gasteiger partial charge in [-0.2, -0.15) is 4.63 Å². The molecule has 38 heavy (non-hydrogen) atoms. The molecule has 1 aromatic carbocycles. The van der Waals surface area contributed by atoms with Gasteiger partial charge in [0.15, 0.2) is 11.5 Å². The number of amides is 1. The minimum atomic E-state index is -0.663. The van der Waals surface area contributed by atoms with Crippen LogP contribution >= 0.6 is 11.6 Å². The molecule has 8 nitrogen and oxygen atoms in total. The van der Waals surface area contributed by atoms with E-state index in [4.69, 9.17) is 22.8 Å². The fourth-order valence-corrected chi connectivity index (χ4v) is 2.81. The molecule has 3 aromatic rings. The predicted octanol–water partition coefficient (Wildman–Crippen LogP) is 2.56. The number of halogens is 1. The van der Waals surface area contributed by atoms with Crippen LogP contribution < -0.4 is 5.32 Å². The van der Waals surface area contributed by atoms with E-state index in [-0.39, 0.29) is 18.7 Å². The number of carbonyl (C=O) groups is 2. The van der Waals surface area contributed by atoms with Crippen molar-refractivity contribution in [3.8, 4) is 95.0 Å². The summed E-state index contributed by atoms with van der Waals surface area (Å²) >= 11 is 6.19. The summed E-state index contributed by atoms with van der Waals surface area (Å²) in [7, 11) is 0. The molecule has 0 fully saturated rings. The zero-order chi connectivity index (χ0) is 27.2. The van der Waals surface area contributed by atoms with Gasteiger partial charge in [0.25, 0.3) is 0 Å². The van der Waals surface area contributed by atoms with Gasteiger partial charge in [0.2, 0.25) is 5.91 Å². The molecule has 1 amide bonds. The molecule has 2 N–H and O–H groups in total. The van der Waals surface area contributed by atoms with Crippen LogP contribution in [-0.4, -0.2) is 31.7 Å². The first-order valence-corrected chi connectivity index (χ1v) is 11.0. The Morgan fingerprint density at radius 3 is 2.18 bits per heavy atom. The minimum Gasteiger partial charge on any atom is -0.371 e. The van der Waals surface area contributed by atoms with Crippen LogP contribution in [0.1, 0.15) is 18.5 Å². The van der Waals surface area contributed by atoms with Crippen LogP contribution in [0.2, 0.25) is 5.02 Å². The number of terminal acetylenes is 1. The first kappa shape index (κ1) is 26.7. The van der Waals surface area contributed by atoms with Gasteiger partial charge in [0, 0.05) is 53.2 Å². The Morgan fingerprint density at radius 1 is 0.974 bits per heavy atom. The van der Waals surface area contributed by atoms with Crippen LogP contribution in [0.15, 0.2) is 24.3 Å². The van der Waals surface area contributed by atoms with Gasteiger partial charge in [-0.15, -0.1) is 11.5 Å². The summed E-state index contributed by atoms with van der Waals surface area (Å²) in [4.78, 5) is 28.3. The second kappa shape index (κ2) is 13.8. The summed E-state index contributed by atoms with van der Waals surface area (Å²) in [5, 5.41) is 10.6. The lowest BCUT2D eigenvalue weighted by atomic mass is 10.2. The number of esters is 1. The average Bonchev–Trinajstić information content (AvgIpc) is 3.44. The maximum absolute atomic E-state index is 12.1. The molecule has 0 saturated carbocycles. The van der Waals surface area contributed by atoms with Crippen LogP contribution in [-0.2, 0) is 14.3 Å². The number of rotatable bonds is 5. The summed E-state index contributed by atoms with van der Waals surface area (Å²) in [6.07, 6.45) is 6.83. The van der Waals surface area contributed by atoms with Crippen molar-refractivity contribution in [2.45, 2.75) is 19.8 Å². The number of H-pyrrole nitrogens is 1. The molecule has 2 aromatic heterocycles. The first-order valence-electron chi connectivity index (χ1n) is 10.6. The van der Waals surface area contributed by atoms with E-state index in [0.717, 1.165) is 11.3 Å². The van der Waals surface area contributed by atoms with Crippen LogP contribution in [0.5, 0.6) is 0 Å². The van der Waals surface area contributed by atoms with Crippen LogP contribution in [0.4, 0.5) is 5.69 Å². The lowest BCUT2D eigenvalue weighted by Crippen LogP contribution is -2.13. The second-order valence-corrected chi connectivity index (χ2v) is 7.32. The van der Waals surface area contributed by atoms with E-state index in [1.54, 1.807) is 24.3 Å². The highest BCUT2D eigenvalue weighted by Gasteiger charge is 2.13. The predicted molar refractivity (Wildman–Crippen MR) is 142 cm³/mol. The lowest BCUT2D eigenvalue weighted by molar-refractivity contribution is -0.138. The van der Waals surface area contributed by atoms with E-state index in [1.807, 2.05) is 6.92 Å². The molecule has 9 heteroatoms. The highest BCUT2D eigenvalue weighted by molar-refractivity contribution is 6.34. The zero-order valence-corrected chi connectivity index (χ0v) is 20.5. The Bertz CT molecular complexity index is 1820. The molecule has 0 spiro atoms. The topological polar surface area (TPSA) is 101 Å². The van der Waals surface area contributed by atoms with Crippen molar-refractivity contribution in [1.29, 1.82) is 0 Å². The van der Waals surface area contributed by atoms with Crippen molar-refractivity contribution in [3.63, 3.8) is 0 Å². The number of aromatic nitrogens is 4. The quantitative estimate of drug-likeness (QED) is 0.402. The van der Waals surface area contributed by atoms with Gasteiger partial charge in [-0.1, -0.05) is 11.6 Å². The number of nitrogens with one attached hydrogen (secondary N) is 2. The maximum Gasteiger partial charge on any atom is 0.320 e. The van der Waals surface area contributed by atoms with Crippen LogP contribution in [0, 0.1) is 90.5 Å². The maximum atomic E-state index is 12.1. The molecular weight excluding hydrogens is 502 g/mol. The molecule has 0 atom stereocenters. The van der Waals surface area contributed by atoms with Crippen molar-refractivity contribution in [3.05, 3.63) is 35.0 Å². The van der Waals surface area contributed by atoms with Crippen LogP contribution in [0.25, 0.3) is 17.0 Å². The highest BCUT2D eigenvalue weighted by atomic mass is 35.5. The molecular formula is C29H14ClN5O3. The van der Waals surface area contributed by atoms with E-state index in [9.17, 15) is 9.59 Å². The fraction of sp³-hybridized carbons (Fsp3) is 0.103. The SMILES string of the molecule is C#CC#CC#CC#CC#CC#CC#COC(=O)CCC(=O)Nc1ccc(-c2nc3c(Cl)c(C)[nH]n3n2)cc1.